The lowest BCUT2D eigenvalue weighted by Gasteiger charge is -2.25. The van der Waals surface area contributed by atoms with Crippen LogP contribution in [-0.4, -0.2) is 25.0 Å². The van der Waals surface area contributed by atoms with Gasteiger partial charge in [0.15, 0.2) is 16.7 Å². The van der Waals surface area contributed by atoms with Crippen LogP contribution in [0.1, 0.15) is 43.8 Å². The van der Waals surface area contributed by atoms with E-state index in [0.29, 0.717) is 16.8 Å². The third-order valence-electron chi connectivity index (χ3n) is 4.66. The van der Waals surface area contributed by atoms with E-state index in [-0.39, 0.29) is 0 Å². The minimum absolute atomic E-state index is 0.309. The van der Waals surface area contributed by atoms with Crippen molar-refractivity contribution in [2.45, 2.75) is 48.3 Å². The van der Waals surface area contributed by atoms with Gasteiger partial charge >= 0.3 is 0 Å². The minimum Gasteiger partial charge on any atom is -0.299 e. The molecular weight excluding hydrogens is 424 g/mol. The molecule has 2 aromatic heterocycles. The topological polar surface area (TPSA) is 80.3 Å². The summed E-state index contributed by atoms with van der Waals surface area (Å²) in [4.78, 5) is 0. The first-order valence-electron chi connectivity index (χ1n) is 8.87. The summed E-state index contributed by atoms with van der Waals surface area (Å²) < 4.78 is 3.30. The second-order valence-electron chi connectivity index (χ2n) is 6.45. The molecule has 0 spiro atoms. The van der Waals surface area contributed by atoms with Gasteiger partial charge in [-0.2, -0.15) is 5.26 Å². The quantitative estimate of drug-likeness (QED) is 0.565. The van der Waals surface area contributed by atoms with Gasteiger partial charge in [0.1, 0.15) is 11.1 Å². The summed E-state index contributed by atoms with van der Waals surface area (Å²) in [6.07, 6.45) is 6.00. The molecule has 0 N–H and O–H groups in total. The molecule has 136 valence electrons. The molecule has 0 unspecified atom stereocenters. The normalized spacial score (nSPS) is 14.8. The van der Waals surface area contributed by atoms with Crippen molar-refractivity contribution in [3.8, 4) is 17.5 Å². The van der Waals surface area contributed by atoms with Crippen LogP contribution >= 0.6 is 27.7 Å². The maximum absolute atomic E-state index is 8.89. The Kier molecular flexibility index (Phi) is 5.50. The lowest BCUT2D eigenvalue weighted by atomic mass is 9.95. The fourth-order valence-corrected chi connectivity index (χ4v) is 4.42. The Balaban J connectivity index is 1.71. The Morgan fingerprint density at radius 2 is 1.74 bits per heavy atom. The van der Waals surface area contributed by atoms with E-state index in [1.165, 1.54) is 31.0 Å². The second-order valence-corrected chi connectivity index (χ2v) is 8.35. The zero-order valence-corrected chi connectivity index (χ0v) is 16.9. The molecule has 27 heavy (non-hydrogen) atoms. The number of halogens is 1. The van der Waals surface area contributed by atoms with Gasteiger partial charge in [0.2, 0.25) is 0 Å². The molecule has 2 heterocycles. The Morgan fingerprint density at radius 1 is 0.963 bits per heavy atom. The summed E-state index contributed by atoms with van der Waals surface area (Å²) in [5, 5.41) is 27.4. The Bertz CT molecular complexity index is 955. The van der Waals surface area contributed by atoms with Crippen LogP contribution in [0.5, 0.6) is 0 Å². The maximum Gasteiger partial charge on any atom is 0.198 e. The van der Waals surface area contributed by atoms with Gasteiger partial charge in [-0.05, 0) is 48.9 Å². The molecule has 0 radical (unpaired) electrons. The average Bonchev–Trinajstić information content (AvgIpc) is 3.13. The summed E-state index contributed by atoms with van der Waals surface area (Å²) in [5.41, 5.74) is 1.36. The predicted molar refractivity (Wildman–Crippen MR) is 106 cm³/mol. The molecule has 8 heteroatoms. The van der Waals surface area contributed by atoms with Gasteiger partial charge in [0.05, 0.1) is 0 Å². The molecule has 0 aliphatic heterocycles. The van der Waals surface area contributed by atoms with Crippen molar-refractivity contribution < 1.29 is 0 Å². The molecule has 1 fully saturated rings. The fraction of sp³-hybridized carbons (Fsp3) is 0.316. The van der Waals surface area contributed by atoms with Crippen molar-refractivity contribution in [3.63, 3.8) is 0 Å². The standard InChI is InChI=1S/C19H17BrN6S/c20-14-8-6-13(7-9-14)18-24-25-19(26(18)16-4-2-1-3-5-16)27-17-11-10-15(12-21)22-23-17/h6-11,16H,1-5H2. The maximum atomic E-state index is 8.89. The van der Waals surface area contributed by atoms with Crippen molar-refractivity contribution in [1.82, 2.24) is 25.0 Å². The highest BCUT2D eigenvalue weighted by molar-refractivity contribution is 9.10. The molecule has 3 aromatic rings. The van der Waals surface area contributed by atoms with E-state index in [1.807, 2.05) is 18.2 Å². The summed E-state index contributed by atoms with van der Waals surface area (Å²) in [7, 11) is 0. The van der Waals surface area contributed by atoms with Crippen LogP contribution in [0.2, 0.25) is 0 Å². The van der Waals surface area contributed by atoms with Gasteiger partial charge in [-0.25, -0.2) is 0 Å². The third kappa shape index (κ3) is 4.04. The predicted octanol–water partition coefficient (Wildman–Crippen LogP) is 5.03. The van der Waals surface area contributed by atoms with Gasteiger partial charge in [-0.15, -0.1) is 20.4 Å². The number of aromatic nitrogens is 5. The Labute approximate surface area is 170 Å². The SMILES string of the molecule is N#Cc1ccc(Sc2nnc(-c3ccc(Br)cc3)n2C2CCCCC2)nn1. The first-order valence-corrected chi connectivity index (χ1v) is 10.5. The van der Waals surface area contributed by atoms with Crippen LogP contribution in [0, 0.1) is 11.3 Å². The van der Waals surface area contributed by atoms with Crippen molar-refractivity contribution >= 4 is 27.7 Å². The highest BCUT2D eigenvalue weighted by atomic mass is 79.9. The lowest BCUT2D eigenvalue weighted by molar-refractivity contribution is 0.339. The van der Waals surface area contributed by atoms with Crippen LogP contribution in [0.25, 0.3) is 11.4 Å². The van der Waals surface area contributed by atoms with Crippen LogP contribution in [-0.2, 0) is 0 Å². The van der Waals surface area contributed by atoms with Crippen molar-refractivity contribution in [2.75, 3.05) is 0 Å². The van der Waals surface area contributed by atoms with E-state index >= 15 is 0 Å². The number of benzene rings is 1. The second kappa shape index (κ2) is 8.19. The highest BCUT2D eigenvalue weighted by Gasteiger charge is 2.24. The molecule has 6 nitrogen and oxygen atoms in total. The molecule has 1 aromatic carbocycles. The van der Waals surface area contributed by atoms with Crippen molar-refractivity contribution in [3.05, 3.63) is 46.6 Å². The molecule has 1 aliphatic rings. The van der Waals surface area contributed by atoms with Crippen LogP contribution in [0.3, 0.4) is 0 Å². The number of hydrogen-bond donors (Lipinski definition) is 0. The molecule has 0 bridgehead atoms. The molecule has 1 aliphatic carbocycles. The van der Waals surface area contributed by atoms with Gasteiger partial charge in [0.25, 0.3) is 0 Å². The average molecular weight is 441 g/mol. The smallest absolute Gasteiger partial charge is 0.198 e. The third-order valence-corrected chi connectivity index (χ3v) is 6.07. The summed E-state index contributed by atoms with van der Waals surface area (Å²) in [5.74, 6) is 0.888. The first-order chi connectivity index (χ1) is 13.2. The summed E-state index contributed by atoms with van der Waals surface area (Å²) in [6, 6.07) is 14.0. The fourth-order valence-electron chi connectivity index (χ4n) is 3.34. The van der Waals surface area contributed by atoms with Crippen LogP contribution in [0.4, 0.5) is 0 Å². The van der Waals surface area contributed by atoms with E-state index in [1.54, 1.807) is 12.1 Å². The summed E-state index contributed by atoms with van der Waals surface area (Å²) in [6.45, 7) is 0. The highest BCUT2D eigenvalue weighted by Crippen LogP contribution is 2.37. The van der Waals surface area contributed by atoms with E-state index in [0.717, 1.165) is 33.9 Å². The first kappa shape index (κ1) is 18.1. The molecule has 0 atom stereocenters. The van der Waals surface area contributed by atoms with Gasteiger partial charge in [-0.3, -0.25) is 4.57 Å². The number of hydrogen-bond acceptors (Lipinski definition) is 6. The zero-order chi connectivity index (χ0) is 18.6. The number of nitriles is 1. The van der Waals surface area contributed by atoms with Gasteiger partial charge in [-0.1, -0.05) is 47.3 Å². The van der Waals surface area contributed by atoms with Crippen LogP contribution in [0.15, 0.2) is 51.1 Å². The number of nitrogens with zero attached hydrogens (tertiary/aromatic N) is 6. The molecule has 0 saturated heterocycles. The zero-order valence-electron chi connectivity index (χ0n) is 14.5. The van der Waals surface area contributed by atoms with Gasteiger partial charge < -0.3 is 0 Å². The van der Waals surface area contributed by atoms with E-state index in [2.05, 4.69) is 53.0 Å². The largest absolute Gasteiger partial charge is 0.299 e. The molecule has 4 rings (SSSR count). The minimum atomic E-state index is 0.309. The summed E-state index contributed by atoms with van der Waals surface area (Å²) >= 11 is 4.93. The van der Waals surface area contributed by atoms with E-state index < -0.39 is 0 Å². The monoisotopic (exact) mass is 440 g/mol. The number of rotatable bonds is 4. The van der Waals surface area contributed by atoms with Crippen LogP contribution < -0.4 is 0 Å². The lowest BCUT2D eigenvalue weighted by Crippen LogP contribution is -2.15. The van der Waals surface area contributed by atoms with Crippen molar-refractivity contribution in [2.24, 2.45) is 0 Å². The molecule has 0 amide bonds. The molecule has 1 saturated carbocycles. The van der Waals surface area contributed by atoms with E-state index in [9.17, 15) is 0 Å². The Hall–Kier alpha value is -2.24. The van der Waals surface area contributed by atoms with Crippen molar-refractivity contribution in [1.29, 1.82) is 5.26 Å². The Morgan fingerprint density at radius 3 is 2.41 bits per heavy atom. The molecular formula is C19H17BrN6S. The van der Waals surface area contributed by atoms with Gasteiger partial charge in [0, 0.05) is 16.1 Å². The van der Waals surface area contributed by atoms with E-state index in [4.69, 9.17) is 5.26 Å².